The number of aryl methyl sites for hydroxylation is 1. The van der Waals surface area contributed by atoms with Crippen LogP contribution >= 0.6 is 0 Å². The summed E-state index contributed by atoms with van der Waals surface area (Å²) in [5, 5.41) is 2.71. The van der Waals surface area contributed by atoms with E-state index >= 15 is 0 Å². The first-order valence-electron chi connectivity index (χ1n) is 10.6. The number of rotatable bonds is 7. The van der Waals surface area contributed by atoms with Crippen molar-refractivity contribution in [1.82, 2.24) is 4.90 Å². The van der Waals surface area contributed by atoms with Crippen LogP contribution in [0.2, 0.25) is 0 Å². The quantitative estimate of drug-likeness (QED) is 0.527. The van der Waals surface area contributed by atoms with E-state index in [1.165, 1.54) is 69.4 Å². The standard InChI is InChI=1S/C24H28FN3O/c25-19-9-12-21-22(24(29)27-23(21)16-19)17-26-20-10-7-18(8-11-20)6-2-5-15-28-13-3-1-4-14-28/h7-12,16-17,22H,1-6,13-15H2,(H,27,29). The van der Waals surface area contributed by atoms with Gasteiger partial charge in [0.2, 0.25) is 5.91 Å². The molecular weight excluding hydrogens is 365 g/mol. The van der Waals surface area contributed by atoms with Crippen molar-refractivity contribution in [2.75, 3.05) is 25.0 Å². The van der Waals surface area contributed by atoms with Crippen LogP contribution in [0.5, 0.6) is 0 Å². The van der Waals surface area contributed by atoms with E-state index < -0.39 is 5.92 Å². The van der Waals surface area contributed by atoms with Crippen LogP contribution < -0.4 is 5.32 Å². The number of likely N-dealkylation sites (tertiary alicyclic amines) is 1. The highest BCUT2D eigenvalue weighted by molar-refractivity contribution is 6.12. The first-order chi connectivity index (χ1) is 14.2. The third kappa shape index (κ3) is 5.10. The highest BCUT2D eigenvalue weighted by Gasteiger charge is 2.29. The van der Waals surface area contributed by atoms with Gasteiger partial charge in [-0.05, 0) is 87.1 Å². The fourth-order valence-corrected chi connectivity index (χ4v) is 4.16. The predicted molar refractivity (Wildman–Crippen MR) is 116 cm³/mol. The lowest BCUT2D eigenvalue weighted by molar-refractivity contribution is -0.115. The predicted octanol–water partition coefficient (Wildman–Crippen LogP) is 5.07. The zero-order valence-electron chi connectivity index (χ0n) is 16.7. The summed E-state index contributed by atoms with van der Waals surface area (Å²) < 4.78 is 13.3. The summed E-state index contributed by atoms with van der Waals surface area (Å²) in [6.07, 6.45) is 9.28. The van der Waals surface area contributed by atoms with Crippen LogP contribution in [0.3, 0.4) is 0 Å². The smallest absolute Gasteiger partial charge is 0.237 e. The van der Waals surface area contributed by atoms with Crippen LogP contribution in [-0.4, -0.2) is 36.7 Å². The number of hydrogen-bond donors (Lipinski definition) is 1. The molecule has 0 bridgehead atoms. The monoisotopic (exact) mass is 393 g/mol. The molecule has 1 N–H and O–H groups in total. The van der Waals surface area contributed by atoms with Crippen molar-refractivity contribution in [2.24, 2.45) is 4.99 Å². The van der Waals surface area contributed by atoms with E-state index in [1.807, 2.05) is 12.1 Å². The lowest BCUT2D eigenvalue weighted by Crippen LogP contribution is -2.30. The topological polar surface area (TPSA) is 44.7 Å². The van der Waals surface area contributed by atoms with E-state index in [-0.39, 0.29) is 11.7 Å². The molecule has 1 unspecified atom stereocenters. The normalized spacial score (nSPS) is 19.5. The highest BCUT2D eigenvalue weighted by Crippen LogP contribution is 2.32. The number of benzene rings is 2. The molecule has 4 nitrogen and oxygen atoms in total. The highest BCUT2D eigenvalue weighted by atomic mass is 19.1. The largest absolute Gasteiger partial charge is 0.325 e. The molecule has 2 aliphatic heterocycles. The van der Waals surface area contributed by atoms with Crippen LogP contribution in [0.1, 0.15) is 49.1 Å². The lowest BCUT2D eigenvalue weighted by Gasteiger charge is -2.26. The third-order valence-electron chi connectivity index (χ3n) is 5.84. The van der Waals surface area contributed by atoms with Crippen molar-refractivity contribution in [3.63, 3.8) is 0 Å². The number of carbonyl (C=O) groups is 1. The van der Waals surface area contributed by atoms with Gasteiger partial charge in [-0.25, -0.2) is 4.39 Å². The molecule has 0 spiro atoms. The van der Waals surface area contributed by atoms with Crippen molar-refractivity contribution in [1.29, 1.82) is 0 Å². The molecule has 2 heterocycles. The third-order valence-corrected chi connectivity index (χ3v) is 5.84. The van der Waals surface area contributed by atoms with Crippen LogP contribution in [0.15, 0.2) is 47.5 Å². The first kappa shape index (κ1) is 19.8. The summed E-state index contributed by atoms with van der Waals surface area (Å²) in [6, 6.07) is 12.6. The molecule has 2 aromatic rings. The molecule has 1 atom stereocenters. The van der Waals surface area contributed by atoms with E-state index in [0.29, 0.717) is 5.69 Å². The molecule has 0 aromatic heterocycles. The Bertz CT molecular complexity index is 872. The molecule has 1 fully saturated rings. The molecule has 0 saturated carbocycles. The van der Waals surface area contributed by atoms with Gasteiger partial charge >= 0.3 is 0 Å². The second kappa shape index (κ2) is 9.31. The SMILES string of the molecule is O=C1Nc2cc(F)ccc2C1C=Nc1ccc(CCCCN2CCCCC2)cc1. The van der Waals surface area contributed by atoms with Gasteiger partial charge < -0.3 is 10.2 Å². The Kier molecular flexibility index (Phi) is 6.35. The Morgan fingerprint density at radius 2 is 1.86 bits per heavy atom. The first-order valence-corrected chi connectivity index (χ1v) is 10.6. The molecule has 0 radical (unpaired) electrons. The summed E-state index contributed by atoms with van der Waals surface area (Å²) >= 11 is 0. The number of piperidine rings is 1. The van der Waals surface area contributed by atoms with Crippen LogP contribution in [0, 0.1) is 5.82 Å². The van der Waals surface area contributed by atoms with Gasteiger partial charge in [-0.3, -0.25) is 9.79 Å². The van der Waals surface area contributed by atoms with Gasteiger partial charge in [0.25, 0.3) is 0 Å². The van der Waals surface area contributed by atoms with E-state index in [1.54, 1.807) is 12.3 Å². The molecular formula is C24H28FN3O. The molecule has 2 aromatic carbocycles. The summed E-state index contributed by atoms with van der Waals surface area (Å²) in [7, 11) is 0. The lowest BCUT2D eigenvalue weighted by atomic mass is 10.0. The van der Waals surface area contributed by atoms with Gasteiger partial charge in [-0.2, -0.15) is 0 Å². The number of carbonyl (C=O) groups excluding carboxylic acids is 1. The Morgan fingerprint density at radius 1 is 1.07 bits per heavy atom. The zero-order chi connectivity index (χ0) is 20.1. The average molecular weight is 394 g/mol. The minimum absolute atomic E-state index is 0.167. The summed E-state index contributed by atoms with van der Waals surface area (Å²) in [5.41, 5.74) is 3.45. The van der Waals surface area contributed by atoms with E-state index in [9.17, 15) is 9.18 Å². The van der Waals surface area contributed by atoms with Crippen molar-refractivity contribution >= 4 is 23.5 Å². The van der Waals surface area contributed by atoms with Crippen molar-refractivity contribution in [2.45, 2.75) is 44.4 Å². The van der Waals surface area contributed by atoms with Crippen molar-refractivity contribution < 1.29 is 9.18 Å². The van der Waals surface area contributed by atoms with Crippen molar-refractivity contribution in [3.8, 4) is 0 Å². The minimum Gasteiger partial charge on any atom is -0.325 e. The second-order valence-corrected chi connectivity index (χ2v) is 8.00. The van der Waals surface area contributed by atoms with Crippen LogP contribution in [-0.2, 0) is 11.2 Å². The number of fused-ring (bicyclic) bond motifs is 1. The van der Waals surface area contributed by atoms with Gasteiger partial charge in [-0.1, -0.05) is 24.6 Å². The van der Waals surface area contributed by atoms with Crippen molar-refractivity contribution in [3.05, 3.63) is 59.4 Å². The number of unbranched alkanes of at least 4 members (excludes halogenated alkanes) is 1. The van der Waals surface area contributed by atoms with E-state index in [4.69, 9.17) is 0 Å². The minimum atomic E-state index is -0.472. The van der Waals surface area contributed by atoms with Gasteiger partial charge in [-0.15, -0.1) is 0 Å². The summed E-state index contributed by atoms with van der Waals surface area (Å²) in [5.74, 6) is -0.993. The summed E-state index contributed by atoms with van der Waals surface area (Å²) in [6.45, 7) is 3.76. The molecule has 29 heavy (non-hydrogen) atoms. The summed E-state index contributed by atoms with van der Waals surface area (Å²) in [4.78, 5) is 19.2. The molecule has 1 saturated heterocycles. The Labute approximate surface area is 171 Å². The number of nitrogens with zero attached hydrogens (tertiary/aromatic N) is 2. The Hall–Kier alpha value is -2.53. The number of anilines is 1. The van der Waals surface area contributed by atoms with E-state index in [2.05, 4.69) is 27.3 Å². The Morgan fingerprint density at radius 3 is 2.66 bits per heavy atom. The molecule has 2 aliphatic rings. The zero-order valence-corrected chi connectivity index (χ0v) is 16.7. The molecule has 4 rings (SSSR count). The average Bonchev–Trinajstić information content (AvgIpc) is 3.05. The molecule has 1 amide bonds. The number of amides is 1. The van der Waals surface area contributed by atoms with Gasteiger partial charge in [0.15, 0.2) is 0 Å². The molecule has 0 aliphatic carbocycles. The number of nitrogens with one attached hydrogen (secondary N) is 1. The van der Waals surface area contributed by atoms with Crippen LogP contribution in [0.25, 0.3) is 0 Å². The van der Waals surface area contributed by atoms with Gasteiger partial charge in [0.1, 0.15) is 11.7 Å². The maximum atomic E-state index is 13.3. The maximum absolute atomic E-state index is 13.3. The Balaban J connectivity index is 1.28. The fourth-order valence-electron chi connectivity index (χ4n) is 4.16. The molecule has 5 heteroatoms. The van der Waals surface area contributed by atoms with Gasteiger partial charge in [0, 0.05) is 11.9 Å². The van der Waals surface area contributed by atoms with Crippen LogP contribution in [0.4, 0.5) is 15.8 Å². The van der Waals surface area contributed by atoms with E-state index in [0.717, 1.165) is 17.7 Å². The second-order valence-electron chi connectivity index (χ2n) is 8.00. The number of halogens is 1. The fraction of sp³-hybridized carbons (Fsp3) is 0.417. The molecule has 152 valence electrons. The number of hydrogen-bond acceptors (Lipinski definition) is 3. The van der Waals surface area contributed by atoms with Gasteiger partial charge in [0.05, 0.1) is 5.69 Å². The number of aliphatic imine (C=N–C) groups is 1. The maximum Gasteiger partial charge on any atom is 0.237 e.